The van der Waals surface area contributed by atoms with E-state index in [1.807, 2.05) is 0 Å². The largest absolute Gasteiger partial charge is 0.419 e. The van der Waals surface area contributed by atoms with Gasteiger partial charge in [0.05, 0.1) is 5.56 Å². The second-order valence-electron chi connectivity index (χ2n) is 4.33. The van der Waals surface area contributed by atoms with Crippen molar-refractivity contribution in [3.05, 3.63) is 35.5 Å². The van der Waals surface area contributed by atoms with E-state index in [9.17, 15) is 13.2 Å². The zero-order valence-electron chi connectivity index (χ0n) is 9.93. The molecule has 0 unspecified atom stereocenters. The molecular weight excluding hydrogens is 241 g/mol. The van der Waals surface area contributed by atoms with Crippen LogP contribution in [-0.2, 0) is 6.18 Å². The fraction of sp³-hybridized carbons (Fsp3) is 0.462. The van der Waals surface area contributed by atoms with Gasteiger partial charge in [0.1, 0.15) is 5.82 Å². The molecule has 1 aromatic heterocycles. The number of anilines is 1. The Balaban J connectivity index is 1.96. The van der Waals surface area contributed by atoms with E-state index in [1.165, 1.54) is 17.8 Å². The molecule has 1 heterocycles. The van der Waals surface area contributed by atoms with Crippen LogP contribution < -0.4 is 5.32 Å². The highest BCUT2D eigenvalue weighted by Crippen LogP contribution is 2.33. The Labute approximate surface area is 104 Å². The zero-order valence-corrected chi connectivity index (χ0v) is 9.93. The van der Waals surface area contributed by atoms with E-state index in [-0.39, 0.29) is 5.82 Å². The highest BCUT2D eigenvalue weighted by Gasteiger charge is 2.33. The van der Waals surface area contributed by atoms with Crippen molar-refractivity contribution in [3.8, 4) is 0 Å². The van der Waals surface area contributed by atoms with Gasteiger partial charge in [-0.25, -0.2) is 4.98 Å². The molecule has 0 saturated heterocycles. The normalized spacial score (nSPS) is 15.6. The molecule has 1 aliphatic carbocycles. The molecule has 0 atom stereocenters. The first-order chi connectivity index (χ1) is 8.57. The van der Waals surface area contributed by atoms with Crippen LogP contribution in [0.1, 0.15) is 31.2 Å². The van der Waals surface area contributed by atoms with Gasteiger partial charge in [-0.1, -0.05) is 11.6 Å². The highest BCUT2D eigenvalue weighted by molar-refractivity contribution is 5.45. The van der Waals surface area contributed by atoms with Gasteiger partial charge in [-0.05, 0) is 37.8 Å². The maximum Gasteiger partial charge on any atom is 0.419 e. The molecule has 18 heavy (non-hydrogen) atoms. The molecule has 98 valence electrons. The van der Waals surface area contributed by atoms with E-state index >= 15 is 0 Å². The molecule has 2 nitrogen and oxygen atoms in total. The molecule has 1 aromatic rings. The van der Waals surface area contributed by atoms with E-state index in [2.05, 4.69) is 16.4 Å². The van der Waals surface area contributed by atoms with Gasteiger partial charge in [-0.2, -0.15) is 13.2 Å². The second kappa shape index (κ2) is 5.42. The number of nitrogens with zero attached hydrogens (tertiary/aromatic N) is 1. The van der Waals surface area contributed by atoms with E-state index in [0.29, 0.717) is 6.54 Å². The van der Waals surface area contributed by atoms with Crippen LogP contribution in [0.2, 0.25) is 0 Å². The Morgan fingerprint density at radius 2 is 2.17 bits per heavy atom. The first kappa shape index (κ1) is 12.9. The summed E-state index contributed by atoms with van der Waals surface area (Å²) in [5, 5.41) is 2.77. The van der Waals surface area contributed by atoms with Crippen LogP contribution in [0.25, 0.3) is 0 Å². The van der Waals surface area contributed by atoms with Crippen molar-refractivity contribution in [1.29, 1.82) is 0 Å². The molecule has 5 heteroatoms. The van der Waals surface area contributed by atoms with E-state index in [4.69, 9.17) is 0 Å². The number of hydrogen-bond donors (Lipinski definition) is 1. The Morgan fingerprint density at radius 3 is 2.83 bits per heavy atom. The van der Waals surface area contributed by atoms with Gasteiger partial charge in [0, 0.05) is 12.7 Å². The molecule has 0 saturated carbocycles. The number of halogens is 3. The minimum atomic E-state index is -4.36. The third kappa shape index (κ3) is 3.24. The van der Waals surface area contributed by atoms with Crippen molar-refractivity contribution >= 4 is 5.82 Å². The summed E-state index contributed by atoms with van der Waals surface area (Å²) in [6.07, 6.45) is 3.28. The Morgan fingerprint density at radius 1 is 1.33 bits per heavy atom. The maximum atomic E-state index is 12.7. The van der Waals surface area contributed by atoms with Crippen LogP contribution in [0.4, 0.5) is 19.0 Å². The first-order valence-electron chi connectivity index (χ1n) is 6.01. The predicted molar refractivity (Wildman–Crippen MR) is 64.3 cm³/mol. The lowest BCUT2D eigenvalue weighted by Crippen LogP contribution is -2.13. The average molecular weight is 256 g/mol. The average Bonchev–Trinajstić information content (AvgIpc) is 2.81. The Hall–Kier alpha value is -1.52. The summed E-state index contributed by atoms with van der Waals surface area (Å²) in [6, 6.07) is 2.34. The summed E-state index contributed by atoms with van der Waals surface area (Å²) in [5.41, 5.74) is 0.623. The van der Waals surface area contributed by atoms with E-state index < -0.39 is 11.7 Å². The van der Waals surface area contributed by atoms with Crippen LogP contribution >= 0.6 is 0 Å². The molecule has 0 spiro atoms. The van der Waals surface area contributed by atoms with Crippen molar-refractivity contribution in [3.63, 3.8) is 0 Å². The van der Waals surface area contributed by atoms with Gasteiger partial charge in [-0.15, -0.1) is 0 Å². The zero-order chi connectivity index (χ0) is 13.0. The fourth-order valence-corrected chi connectivity index (χ4v) is 2.08. The van der Waals surface area contributed by atoms with Crippen molar-refractivity contribution in [2.75, 3.05) is 11.9 Å². The Kier molecular flexibility index (Phi) is 3.89. The van der Waals surface area contributed by atoms with Gasteiger partial charge < -0.3 is 5.32 Å². The number of hydrogen-bond acceptors (Lipinski definition) is 2. The van der Waals surface area contributed by atoms with Crippen LogP contribution in [0.5, 0.6) is 0 Å². The van der Waals surface area contributed by atoms with Crippen molar-refractivity contribution in [2.24, 2.45) is 0 Å². The van der Waals surface area contributed by atoms with Gasteiger partial charge in [0.15, 0.2) is 0 Å². The van der Waals surface area contributed by atoms with E-state index in [0.717, 1.165) is 31.7 Å². The molecule has 0 bridgehead atoms. The summed E-state index contributed by atoms with van der Waals surface area (Å²) in [5.74, 6) is -0.0800. The van der Waals surface area contributed by atoms with Gasteiger partial charge in [0.2, 0.25) is 0 Å². The summed E-state index contributed by atoms with van der Waals surface area (Å²) in [4.78, 5) is 3.76. The monoisotopic (exact) mass is 256 g/mol. The lowest BCUT2D eigenvalue weighted by atomic mass is 10.1. The standard InChI is InChI=1S/C13H15F3N2/c14-13(15,16)11-6-3-8-17-12(11)18-9-7-10-4-1-2-5-10/h3-4,6,8H,1-2,5,7,9H2,(H,17,18). The molecule has 0 radical (unpaired) electrons. The second-order valence-corrected chi connectivity index (χ2v) is 4.33. The molecule has 1 N–H and O–H groups in total. The number of alkyl halides is 3. The van der Waals surface area contributed by atoms with Crippen LogP contribution in [0, 0.1) is 0 Å². The maximum absolute atomic E-state index is 12.7. The molecule has 2 rings (SSSR count). The van der Waals surface area contributed by atoms with Crippen molar-refractivity contribution < 1.29 is 13.2 Å². The third-order valence-corrected chi connectivity index (χ3v) is 2.99. The highest BCUT2D eigenvalue weighted by atomic mass is 19.4. The minimum Gasteiger partial charge on any atom is -0.369 e. The number of pyridine rings is 1. The quantitative estimate of drug-likeness (QED) is 0.823. The molecule has 1 aliphatic rings. The number of aromatic nitrogens is 1. The summed E-state index contributed by atoms with van der Waals surface area (Å²) in [7, 11) is 0. The van der Waals surface area contributed by atoms with Crippen molar-refractivity contribution in [2.45, 2.75) is 31.9 Å². The third-order valence-electron chi connectivity index (χ3n) is 2.99. The lowest BCUT2D eigenvalue weighted by molar-refractivity contribution is -0.137. The lowest BCUT2D eigenvalue weighted by Gasteiger charge is -2.13. The predicted octanol–water partition coefficient (Wildman–Crippen LogP) is 4.01. The topological polar surface area (TPSA) is 24.9 Å². The summed E-state index contributed by atoms with van der Waals surface area (Å²) in [6.45, 7) is 0.492. The van der Waals surface area contributed by atoms with Crippen molar-refractivity contribution in [1.82, 2.24) is 4.98 Å². The number of allylic oxidation sites excluding steroid dienone is 1. The van der Waals surface area contributed by atoms with Gasteiger partial charge in [-0.3, -0.25) is 0 Å². The number of rotatable bonds is 4. The number of nitrogens with one attached hydrogen (secondary N) is 1. The molecular formula is C13H15F3N2. The van der Waals surface area contributed by atoms with Crippen LogP contribution in [0.3, 0.4) is 0 Å². The first-order valence-corrected chi connectivity index (χ1v) is 6.01. The van der Waals surface area contributed by atoms with Gasteiger partial charge >= 0.3 is 6.18 Å². The molecule has 0 aromatic carbocycles. The smallest absolute Gasteiger partial charge is 0.369 e. The molecule has 0 aliphatic heterocycles. The van der Waals surface area contributed by atoms with Crippen LogP contribution in [0.15, 0.2) is 30.0 Å². The summed E-state index contributed by atoms with van der Waals surface area (Å²) >= 11 is 0. The molecule has 0 fully saturated rings. The van der Waals surface area contributed by atoms with E-state index in [1.54, 1.807) is 0 Å². The van der Waals surface area contributed by atoms with Gasteiger partial charge in [0.25, 0.3) is 0 Å². The molecule has 0 amide bonds. The SMILES string of the molecule is FC(F)(F)c1cccnc1NCCC1=CCCC1. The van der Waals surface area contributed by atoms with Crippen LogP contribution in [-0.4, -0.2) is 11.5 Å². The fourth-order valence-electron chi connectivity index (χ4n) is 2.08. The summed E-state index contributed by atoms with van der Waals surface area (Å²) < 4.78 is 38.1. The Bertz CT molecular complexity index is 438. The minimum absolute atomic E-state index is 0.0800.